The number of nitrogens with one attached hydrogen (secondary N) is 2. The molecule has 4 aromatic rings. The summed E-state index contributed by atoms with van der Waals surface area (Å²) in [5.74, 6) is -0.389. The summed E-state index contributed by atoms with van der Waals surface area (Å²) in [6.07, 6.45) is 1.24. The third-order valence-electron chi connectivity index (χ3n) is 4.12. The van der Waals surface area contributed by atoms with Crippen molar-refractivity contribution in [3.8, 4) is 17.1 Å². The first-order valence-corrected chi connectivity index (χ1v) is 8.89. The molecule has 1 amide bonds. The lowest BCUT2D eigenvalue weighted by molar-refractivity contribution is -0.0498. The predicted octanol–water partition coefficient (Wildman–Crippen LogP) is 3.59. The van der Waals surface area contributed by atoms with Crippen molar-refractivity contribution >= 4 is 28.8 Å². The normalized spacial score (nSPS) is 11.1. The molecule has 11 heteroatoms. The number of aromatic nitrogens is 4. The van der Waals surface area contributed by atoms with Crippen LogP contribution in [0.3, 0.4) is 0 Å². The number of rotatable bonds is 5. The molecule has 2 N–H and O–H groups in total. The Kier molecular flexibility index (Phi) is 5.15. The van der Waals surface area contributed by atoms with Gasteiger partial charge in [0.2, 0.25) is 5.65 Å². The van der Waals surface area contributed by atoms with Gasteiger partial charge in [-0.3, -0.25) is 14.0 Å². The van der Waals surface area contributed by atoms with Gasteiger partial charge in [-0.15, -0.1) is 10.2 Å². The number of alkyl halides is 2. The molecule has 0 unspecified atom stereocenters. The molecule has 0 bridgehead atoms. The lowest BCUT2D eigenvalue weighted by Gasteiger charge is -2.09. The molecular weight excluding hydrogens is 420 g/mol. The number of hydrogen-bond acceptors (Lipinski definition) is 5. The second-order valence-electron chi connectivity index (χ2n) is 6.05. The monoisotopic (exact) mass is 431 g/mol. The van der Waals surface area contributed by atoms with Crippen molar-refractivity contribution in [2.45, 2.75) is 6.61 Å². The lowest BCUT2D eigenvalue weighted by atomic mass is 10.2. The number of aromatic amines is 1. The molecule has 0 aliphatic heterocycles. The van der Waals surface area contributed by atoms with Crippen LogP contribution in [0.5, 0.6) is 5.75 Å². The van der Waals surface area contributed by atoms with E-state index in [1.807, 2.05) is 0 Å². The minimum atomic E-state index is -2.95. The molecule has 0 saturated heterocycles. The highest BCUT2D eigenvalue weighted by Crippen LogP contribution is 2.23. The Morgan fingerprint density at radius 2 is 1.80 bits per heavy atom. The van der Waals surface area contributed by atoms with Gasteiger partial charge in [0.05, 0.1) is 0 Å². The summed E-state index contributed by atoms with van der Waals surface area (Å²) in [5.41, 5.74) is 0.353. The Balaban J connectivity index is 1.75. The first-order chi connectivity index (χ1) is 14.4. The summed E-state index contributed by atoms with van der Waals surface area (Å²) in [6.45, 7) is -2.95. The summed E-state index contributed by atoms with van der Waals surface area (Å²) in [4.78, 5) is 27.4. The second kappa shape index (κ2) is 7.91. The third-order valence-corrected chi connectivity index (χ3v) is 4.37. The highest BCUT2D eigenvalue weighted by Gasteiger charge is 2.19. The minimum Gasteiger partial charge on any atom is -0.435 e. The van der Waals surface area contributed by atoms with Crippen LogP contribution in [0.2, 0.25) is 5.02 Å². The van der Waals surface area contributed by atoms with Gasteiger partial charge in [0.15, 0.2) is 5.82 Å². The molecule has 2 heterocycles. The van der Waals surface area contributed by atoms with Gasteiger partial charge >= 0.3 is 6.61 Å². The number of ether oxygens (including phenoxy) is 1. The summed E-state index contributed by atoms with van der Waals surface area (Å²) < 4.78 is 30.3. The number of anilines is 1. The van der Waals surface area contributed by atoms with Crippen LogP contribution in [0.25, 0.3) is 17.0 Å². The van der Waals surface area contributed by atoms with Crippen LogP contribution in [0.1, 0.15) is 10.5 Å². The summed E-state index contributed by atoms with van der Waals surface area (Å²) in [5, 5.41) is 11.0. The van der Waals surface area contributed by atoms with Gasteiger partial charge in [0.1, 0.15) is 11.4 Å². The highest BCUT2D eigenvalue weighted by molar-refractivity contribution is 6.30. The fourth-order valence-corrected chi connectivity index (χ4v) is 2.92. The Morgan fingerprint density at radius 3 is 2.47 bits per heavy atom. The molecular formula is C19H12ClF2N5O3. The SMILES string of the molecule is O=C(Nc1ccc(Cl)cc1)c1c[nH]c(=O)c2nnc(-c3ccc(OC(F)F)cc3)n12. The van der Waals surface area contributed by atoms with Gasteiger partial charge in [-0.25, -0.2) is 0 Å². The molecule has 0 radical (unpaired) electrons. The van der Waals surface area contributed by atoms with Gasteiger partial charge in [-0.1, -0.05) is 11.6 Å². The molecule has 4 rings (SSSR count). The zero-order chi connectivity index (χ0) is 21.3. The number of nitrogens with zero attached hydrogens (tertiary/aromatic N) is 3. The van der Waals surface area contributed by atoms with E-state index in [1.54, 1.807) is 24.3 Å². The maximum Gasteiger partial charge on any atom is 0.387 e. The van der Waals surface area contributed by atoms with Crippen LogP contribution in [-0.2, 0) is 0 Å². The predicted molar refractivity (Wildman–Crippen MR) is 105 cm³/mol. The zero-order valence-electron chi connectivity index (χ0n) is 15.0. The number of amides is 1. The van der Waals surface area contributed by atoms with Crippen molar-refractivity contribution in [2.75, 3.05) is 5.32 Å². The quantitative estimate of drug-likeness (QED) is 0.503. The lowest BCUT2D eigenvalue weighted by Crippen LogP contribution is -2.21. The molecule has 0 spiro atoms. The molecule has 0 aliphatic rings. The molecule has 0 atom stereocenters. The van der Waals surface area contributed by atoms with Gasteiger partial charge in [-0.2, -0.15) is 8.78 Å². The van der Waals surface area contributed by atoms with Crippen molar-refractivity contribution < 1.29 is 18.3 Å². The summed E-state index contributed by atoms with van der Waals surface area (Å²) in [6, 6.07) is 12.1. The maximum absolute atomic E-state index is 12.8. The number of H-pyrrole nitrogens is 1. The van der Waals surface area contributed by atoms with E-state index in [9.17, 15) is 18.4 Å². The first kappa shape index (κ1) is 19.5. The van der Waals surface area contributed by atoms with E-state index in [2.05, 4.69) is 25.2 Å². The first-order valence-electron chi connectivity index (χ1n) is 8.51. The van der Waals surface area contributed by atoms with Gasteiger partial charge in [-0.05, 0) is 48.5 Å². The van der Waals surface area contributed by atoms with Crippen LogP contribution in [0.4, 0.5) is 14.5 Å². The average molecular weight is 432 g/mol. The number of hydrogen-bond donors (Lipinski definition) is 2. The van der Waals surface area contributed by atoms with E-state index in [0.717, 1.165) is 0 Å². The third kappa shape index (κ3) is 3.85. The van der Waals surface area contributed by atoms with Gasteiger partial charge in [0, 0.05) is 22.5 Å². The van der Waals surface area contributed by atoms with E-state index in [4.69, 9.17) is 11.6 Å². The number of benzene rings is 2. The van der Waals surface area contributed by atoms with Crippen molar-refractivity contribution in [3.05, 3.63) is 75.8 Å². The molecule has 0 fully saturated rings. The molecule has 2 aromatic heterocycles. The number of carbonyl (C=O) groups is 1. The Bertz CT molecular complexity index is 1270. The van der Waals surface area contributed by atoms with Crippen LogP contribution >= 0.6 is 11.6 Å². The second-order valence-corrected chi connectivity index (χ2v) is 6.49. The fraction of sp³-hybridized carbons (Fsp3) is 0.0526. The summed E-state index contributed by atoms with van der Waals surface area (Å²) >= 11 is 5.85. The minimum absolute atomic E-state index is 0.0406. The molecule has 152 valence electrons. The largest absolute Gasteiger partial charge is 0.435 e. The average Bonchev–Trinajstić information content (AvgIpc) is 3.16. The van der Waals surface area contributed by atoms with Crippen molar-refractivity contribution in [1.29, 1.82) is 0 Å². The zero-order valence-corrected chi connectivity index (χ0v) is 15.7. The smallest absolute Gasteiger partial charge is 0.387 e. The molecule has 0 aliphatic carbocycles. The Labute approximate surface area is 172 Å². The number of fused-ring (bicyclic) bond motifs is 1. The van der Waals surface area contributed by atoms with Crippen LogP contribution < -0.4 is 15.6 Å². The molecule has 30 heavy (non-hydrogen) atoms. The van der Waals surface area contributed by atoms with E-state index in [-0.39, 0.29) is 22.9 Å². The van der Waals surface area contributed by atoms with E-state index >= 15 is 0 Å². The van der Waals surface area contributed by atoms with E-state index in [1.165, 1.54) is 34.9 Å². The molecule has 0 saturated carbocycles. The molecule has 8 nitrogen and oxygen atoms in total. The standard InChI is InChI=1S/C19H12ClF2N5O3/c20-11-3-5-12(6-4-11)24-17(28)14-9-23-18(29)16-26-25-15(27(14)16)10-1-7-13(8-2-10)30-19(21)22/h1-9,19H,(H,23,29)(H,24,28). The number of halogens is 3. The summed E-state index contributed by atoms with van der Waals surface area (Å²) in [7, 11) is 0. The highest BCUT2D eigenvalue weighted by atomic mass is 35.5. The van der Waals surface area contributed by atoms with Crippen LogP contribution in [0.15, 0.2) is 59.5 Å². The van der Waals surface area contributed by atoms with Gasteiger partial charge in [0.25, 0.3) is 11.5 Å². The van der Waals surface area contributed by atoms with Crippen molar-refractivity contribution in [1.82, 2.24) is 19.6 Å². The van der Waals surface area contributed by atoms with Gasteiger partial charge < -0.3 is 15.0 Å². The van der Waals surface area contributed by atoms with Crippen LogP contribution in [0, 0.1) is 0 Å². The topological polar surface area (TPSA) is 101 Å². The van der Waals surface area contributed by atoms with E-state index < -0.39 is 18.1 Å². The van der Waals surface area contributed by atoms with Crippen molar-refractivity contribution in [3.63, 3.8) is 0 Å². The Morgan fingerprint density at radius 1 is 1.10 bits per heavy atom. The van der Waals surface area contributed by atoms with Crippen LogP contribution in [-0.4, -0.2) is 32.1 Å². The molecule has 2 aromatic carbocycles. The van der Waals surface area contributed by atoms with Crippen molar-refractivity contribution in [2.24, 2.45) is 0 Å². The Hall–Kier alpha value is -3.79. The fourth-order valence-electron chi connectivity index (χ4n) is 2.79. The maximum atomic E-state index is 12.8. The van der Waals surface area contributed by atoms with E-state index in [0.29, 0.717) is 16.3 Å². The number of carbonyl (C=O) groups excluding carboxylic acids is 1.